The second-order valence-electron chi connectivity index (χ2n) is 16.8. The van der Waals surface area contributed by atoms with Gasteiger partial charge in [-0.3, -0.25) is 9.69 Å². The average Bonchev–Trinajstić information content (AvgIpc) is 3.86. The zero-order valence-corrected chi connectivity index (χ0v) is 35.2. The van der Waals surface area contributed by atoms with Crippen molar-refractivity contribution in [3.8, 4) is 0 Å². The summed E-state index contributed by atoms with van der Waals surface area (Å²) >= 11 is 0. The van der Waals surface area contributed by atoms with E-state index >= 15 is 0 Å². The van der Waals surface area contributed by atoms with Crippen LogP contribution in [-0.4, -0.2) is 132 Å². The number of nitrogens with one attached hydrogen (secondary N) is 1. The van der Waals surface area contributed by atoms with Gasteiger partial charge in [-0.1, -0.05) is 26.2 Å². The van der Waals surface area contributed by atoms with E-state index in [1.54, 1.807) is 7.11 Å². The summed E-state index contributed by atoms with van der Waals surface area (Å²) in [5.74, 6) is 1.71. The van der Waals surface area contributed by atoms with Crippen LogP contribution in [0.3, 0.4) is 0 Å². The van der Waals surface area contributed by atoms with Crippen molar-refractivity contribution in [2.24, 2.45) is 17.8 Å². The molecule has 1 N–H and O–H groups in total. The predicted octanol–water partition coefficient (Wildman–Crippen LogP) is 6.95. The van der Waals surface area contributed by atoms with Crippen LogP contribution in [-0.2, 0) is 42.7 Å². The summed E-state index contributed by atoms with van der Waals surface area (Å²) in [5.41, 5.74) is 0. The standard InChI is InChI=1S/C42H78N2O10/c1-9-10-19-48-29-40(23-44-22-30(44)2)54-42(46)43-39-17-15-37(16-18-39)20-36-11-13-38(14-12-36)21-41(45)53-28-35(7)52-27-34(6)51-26-33(5)50-25-32(4)49-24-31(3)47-8/h30-40H,9-29H2,1-8H3,(H,43,46)/t30?,31-,32+,33-,34+,35-,36?,37?,38?,39?,40?,44?/m0/s1. The summed E-state index contributed by atoms with van der Waals surface area (Å²) < 4.78 is 45.8. The molecule has 1 aliphatic heterocycles. The maximum absolute atomic E-state index is 12.8. The van der Waals surface area contributed by atoms with Crippen molar-refractivity contribution >= 4 is 12.1 Å². The van der Waals surface area contributed by atoms with Crippen LogP contribution in [0.4, 0.5) is 4.79 Å². The summed E-state index contributed by atoms with van der Waals surface area (Å²) in [7, 11) is 1.67. The summed E-state index contributed by atoms with van der Waals surface area (Å²) in [5, 5.41) is 3.15. The minimum atomic E-state index is -0.302. The van der Waals surface area contributed by atoms with E-state index in [0.717, 1.165) is 70.4 Å². The van der Waals surface area contributed by atoms with Crippen molar-refractivity contribution in [2.45, 2.75) is 174 Å². The van der Waals surface area contributed by atoms with Crippen LogP contribution in [0.1, 0.15) is 126 Å². The largest absolute Gasteiger partial charge is 0.463 e. The highest BCUT2D eigenvalue weighted by Crippen LogP contribution is 2.38. The molecule has 0 spiro atoms. The van der Waals surface area contributed by atoms with Crippen molar-refractivity contribution in [2.75, 3.05) is 66.4 Å². The van der Waals surface area contributed by atoms with Gasteiger partial charge in [-0.05, 0) is 111 Å². The molecule has 54 heavy (non-hydrogen) atoms. The van der Waals surface area contributed by atoms with Gasteiger partial charge in [0.1, 0.15) is 12.7 Å². The molecule has 0 radical (unpaired) electrons. The van der Waals surface area contributed by atoms with Crippen LogP contribution in [0.5, 0.6) is 0 Å². The van der Waals surface area contributed by atoms with Crippen LogP contribution in [0.25, 0.3) is 0 Å². The molecule has 0 aromatic heterocycles. The number of ether oxygens (including phenoxy) is 8. The van der Waals surface area contributed by atoms with Crippen LogP contribution in [0.2, 0.25) is 0 Å². The quantitative estimate of drug-likeness (QED) is 0.0506. The molecule has 1 saturated heterocycles. The van der Waals surface area contributed by atoms with E-state index in [2.05, 4.69) is 24.1 Å². The zero-order chi connectivity index (χ0) is 39.3. The maximum atomic E-state index is 12.8. The number of hydrogen-bond donors (Lipinski definition) is 1. The Kier molecular flexibility index (Phi) is 22.9. The average molecular weight is 771 g/mol. The lowest BCUT2D eigenvalue weighted by Crippen LogP contribution is -2.42. The van der Waals surface area contributed by atoms with Gasteiger partial charge in [0.15, 0.2) is 0 Å². The summed E-state index contributed by atoms with van der Waals surface area (Å²) in [6.07, 6.45) is 11.9. The first kappa shape index (κ1) is 46.8. The van der Waals surface area contributed by atoms with Crippen molar-refractivity contribution < 1.29 is 47.5 Å². The third-order valence-corrected chi connectivity index (χ3v) is 11.2. The molecule has 1 amide bonds. The van der Waals surface area contributed by atoms with Crippen LogP contribution >= 0.6 is 0 Å². The van der Waals surface area contributed by atoms with Gasteiger partial charge in [0.2, 0.25) is 0 Å². The van der Waals surface area contributed by atoms with Gasteiger partial charge in [-0.25, -0.2) is 4.79 Å². The Morgan fingerprint density at radius 1 is 0.704 bits per heavy atom. The first-order valence-corrected chi connectivity index (χ1v) is 21.4. The summed E-state index contributed by atoms with van der Waals surface area (Å²) in [6.45, 7) is 19.3. The van der Waals surface area contributed by atoms with Crippen molar-refractivity contribution in [3.63, 3.8) is 0 Å². The minimum Gasteiger partial charge on any atom is -0.463 e. The van der Waals surface area contributed by atoms with E-state index in [0.29, 0.717) is 63.9 Å². The fourth-order valence-electron chi connectivity index (χ4n) is 7.40. The Labute approximate surface area is 327 Å². The fourth-order valence-corrected chi connectivity index (χ4v) is 7.40. The molecule has 2 aliphatic carbocycles. The zero-order valence-electron chi connectivity index (χ0n) is 35.2. The summed E-state index contributed by atoms with van der Waals surface area (Å²) in [6, 6.07) is 0.754. The smallest absolute Gasteiger partial charge is 0.407 e. The Hall–Kier alpha value is -1.54. The van der Waals surface area contributed by atoms with E-state index < -0.39 is 0 Å². The van der Waals surface area contributed by atoms with Gasteiger partial charge in [-0.2, -0.15) is 0 Å². The maximum Gasteiger partial charge on any atom is 0.407 e. The number of hydrogen-bond acceptors (Lipinski definition) is 11. The molecule has 0 aromatic rings. The van der Waals surface area contributed by atoms with Crippen LogP contribution in [0, 0.1) is 17.8 Å². The number of nitrogens with zero attached hydrogens (tertiary/aromatic N) is 1. The molecule has 3 aliphatic rings. The topological polar surface area (TPSA) is 123 Å². The number of methoxy groups -OCH3 is 1. The lowest BCUT2D eigenvalue weighted by atomic mass is 9.74. The van der Waals surface area contributed by atoms with E-state index in [9.17, 15) is 9.59 Å². The lowest BCUT2D eigenvalue weighted by Gasteiger charge is -2.34. The highest BCUT2D eigenvalue weighted by molar-refractivity contribution is 5.69. The molecular weight excluding hydrogens is 692 g/mol. The second kappa shape index (κ2) is 26.4. The molecule has 2 saturated carbocycles. The molecular formula is C42H78N2O10. The Balaban J connectivity index is 1.19. The first-order valence-electron chi connectivity index (χ1n) is 21.4. The molecule has 3 fully saturated rings. The number of carbonyl (C=O) groups is 2. The van der Waals surface area contributed by atoms with Gasteiger partial charge in [0, 0.05) is 45.3 Å². The van der Waals surface area contributed by atoms with Crippen molar-refractivity contribution in [1.29, 1.82) is 0 Å². The molecule has 12 heteroatoms. The van der Waals surface area contributed by atoms with E-state index in [1.807, 2.05) is 34.6 Å². The molecule has 316 valence electrons. The molecule has 3 rings (SSSR count). The number of rotatable bonds is 28. The highest BCUT2D eigenvalue weighted by Gasteiger charge is 2.33. The Bertz CT molecular complexity index is 1010. The SMILES string of the molecule is CCCCOCC(CN1CC1C)OC(=O)NC1CCC(CC2CCC(CC(=O)OC[C@H](C)OC[C@@H](C)OC[C@H](C)OC[C@@H](C)OC[C@H](C)OC)CC2)CC1. The van der Waals surface area contributed by atoms with Crippen molar-refractivity contribution in [3.05, 3.63) is 0 Å². The number of esters is 1. The Morgan fingerprint density at radius 2 is 1.20 bits per heavy atom. The number of unbranched alkanes of at least 4 members (excludes halogenated alkanes) is 1. The highest BCUT2D eigenvalue weighted by atomic mass is 16.6. The van der Waals surface area contributed by atoms with E-state index in [1.165, 1.54) is 19.3 Å². The molecule has 0 bridgehead atoms. The van der Waals surface area contributed by atoms with Gasteiger partial charge in [0.25, 0.3) is 0 Å². The monoisotopic (exact) mass is 771 g/mol. The molecule has 3 unspecified atom stereocenters. The van der Waals surface area contributed by atoms with Gasteiger partial charge >= 0.3 is 12.1 Å². The fraction of sp³-hybridized carbons (Fsp3) is 0.952. The van der Waals surface area contributed by atoms with Gasteiger partial charge in [-0.15, -0.1) is 0 Å². The van der Waals surface area contributed by atoms with Gasteiger partial charge < -0.3 is 43.2 Å². The molecule has 12 nitrogen and oxygen atoms in total. The molecule has 0 aromatic carbocycles. The van der Waals surface area contributed by atoms with E-state index in [-0.39, 0.29) is 61.3 Å². The summed E-state index contributed by atoms with van der Waals surface area (Å²) in [4.78, 5) is 27.7. The third-order valence-electron chi connectivity index (χ3n) is 11.2. The molecule has 1 heterocycles. The molecule has 8 atom stereocenters. The van der Waals surface area contributed by atoms with Crippen molar-refractivity contribution in [1.82, 2.24) is 10.2 Å². The minimum absolute atomic E-state index is 0.0190. The number of amides is 1. The first-order chi connectivity index (χ1) is 25.9. The van der Waals surface area contributed by atoms with E-state index in [4.69, 9.17) is 37.9 Å². The second-order valence-corrected chi connectivity index (χ2v) is 16.8. The predicted molar refractivity (Wildman–Crippen MR) is 210 cm³/mol. The normalized spacial score (nSPS) is 27.6. The lowest BCUT2D eigenvalue weighted by molar-refractivity contribution is -0.150. The number of carbonyl (C=O) groups excluding carboxylic acids is 2. The third kappa shape index (κ3) is 20.6. The number of alkyl carbamates (subject to hydrolysis) is 1. The van der Waals surface area contributed by atoms with Crippen LogP contribution < -0.4 is 5.32 Å². The van der Waals surface area contributed by atoms with Crippen LogP contribution in [0.15, 0.2) is 0 Å². The van der Waals surface area contributed by atoms with Gasteiger partial charge in [0.05, 0.1) is 63.6 Å². The Morgan fingerprint density at radius 3 is 1.72 bits per heavy atom.